The summed E-state index contributed by atoms with van der Waals surface area (Å²) in [6.07, 6.45) is 3.58. The first kappa shape index (κ1) is 11.1. The minimum Gasteiger partial charge on any atom is -0.505 e. The lowest BCUT2D eigenvalue weighted by Gasteiger charge is -2.30. The number of nitrogens with one attached hydrogen (secondary N) is 1. The number of aromatic amines is 1. The average Bonchev–Trinajstić information content (AvgIpc) is 3.08. The molecule has 2 fully saturated rings. The zero-order valence-corrected chi connectivity index (χ0v) is 11.2. The Morgan fingerprint density at radius 2 is 2.20 bits per heavy atom. The molecule has 0 spiro atoms. The van der Waals surface area contributed by atoms with Crippen molar-refractivity contribution < 1.29 is 9.50 Å². The third-order valence-electron chi connectivity index (χ3n) is 5.61. The van der Waals surface area contributed by atoms with Crippen LogP contribution in [0.5, 0.6) is 5.75 Å². The Labute approximate surface area is 116 Å². The number of hydrogen-bond donors (Lipinski definition) is 2. The van der Waals surface area contributed by atoms with E-state index in [1.165, 1.54) is 36.7 Å². The molecule has 2 N–H and O–H groups in total. The third-order valence-corrected chi connectivity index (χ3v) is 5.61. The largest absolute Gasteiger partial charge is 0.505 e. The van der Waals surface area contributed by atoms with Gasteiger partial charge >= 0.3 is 0 Å². The van der Waals surface area contributed by atoms with Gasteiger partial charge in [0.1, 0.15) is 0 Å². The number of halogens is 1. The number of piperidine rings is 1. The van der Waals surface area contributed by atoms with E-state index in [2.05, 4.69) is 9.88 Å². The van der Waals surface area contributed by atoms with Crippen molar-refractivity contribution in [2.24, 2.45) is 5.92 Å². The first-order valence-corrected chi connectivity index (χ1v) is 7.47. The van der Waals surface area contributed by atoms with Crippen molar-refractivity contribution in [1.82, 2.24) is 9.88 Å². The van der Waals surface area contributed by atoms with Crippen LogP contribution in [-0.4, -0.2) is 34.1 Å². The summed E-state index contributed by atoms with van der Waals surface area (Å²) in [5.41, 5.74) is 3.44. The van der Waals surface area contributed by atoms with Gasteiger partial charge in [0, 0.05) is 47.7 Å². The zero-order chi connectivity index (χ0) is 13.4. The van der Waals surface area contributed by atoms with E-state index < -0.39 is 5.82 Å². The van der Waals surface area contributed by atoms with Gasteiger partial charge in [0.2, 0.25) is 0 Å². The fourth-order valence-electron chi connectivity index (χ4n) is 4.83. The van der Waals surface area contributed by atoms with Crippen LogP contribution in [-0.2, 0) is 6.42 Å². The van der Waals surface area contributed by atoms with Gasteiger partial charge in [-0.1, -0.05) is 0 Å². The maximum atomic E-state index is 13.6. The molecule has 0 radical (unpaired) electrons. The van der Waals surface area contributed by atoms with Crippen LogP contribution in [0.25, 0.3) is 10.9 Å². The van der Waals surface area contributed by atoms with Crippen molar-refractivity contribution in [2.45, 2.75) is 31.2 Å². The molecule has 3 aliphatic rings. The van der Waals surface area contributed by atoms with Crippen LogP contribution < -0.4 is 0 Å². The zero-order valence-electron chi connectivity index (χ0n) is 11.2. The van der Waals surface area contributed by atoms with E-state index in [4.69, 9.17) is 0 Å². The van der Waals surface area contributed by atoms with E-state index in [-0.39, 0.29) is 5.75 Å². The van der Waals surface area contributed by atoms with Gasteiger partial charge < -0.3 is 10.1 Å². The van der Waals surface area contributed by atoms with Gasteiger partial charge in [-0.3, -0.25) is 4.90 Å². The van der Waals surface area contributed by atoms with Gasteiger partial charge in [0.25, 0.3) is 0 Å². The van der Waals surface area contributed by atoms with Gasteiger partial charge in [0.15, 0.2) is 11.6 Å². The molecule has 104 valence electrons. The molecule has 3 nitrogen and oxygen atoms in total. The molecule has 2 aliphatic heterocycles. The molecule has 1 aromatic heterocycles. The van der Waals surface area contributed by atoms with Crippen LogP contribution in [0.2, 0.25) is 0 Å². The first-order valence-electron chi connectivity index (χ1n) is 7.47. The Kier molecular flexibility index (Phi) is 1.98. The Balaban J connectivity index is 1.75. The monoisotopic (exact) mass is 272 g/mol. The third kappa shape index (κ3) is 1.28. The predicted molar refractivity (Wildman–Crippen MR) is 74.5 cm³/mol. The molecule has 2 bridgehead atoms. The Morgan fingerprint density at radius 1 is 1.30 bits per heavy atom. The van der Waals surface area contributed by atoms with Crippen molar-refractivity contribution in [3.8, 4) is 5.75 Å². The number of aromatic nitrogens is 1. The van der Waals surface area contributed by atoms with Crippen LogP contribution >= 0.6 is 0 Å². The highest BCUT2D eigenvalue weighted by Gasteiger charge is 2.47. The number of fused-ring (bicyclic) bond motifs is 5. The van der Waals surface area contributed by atoms with Crippen molar-refractivity contribution in [2.75, 3.05) is 13.1 Å². The lowest BCUT2D eigenvalue weighted by atomic mass is 9.93. The molecule has 2 aromatic rings. The van der Waals surface area contributed by atoms with Crippen molar-refractivity contribution in [3.63, 3.8) is 0 Å². The Hall–Kier alpha value is -1.55. The number of nitrogens with zero attached hydrogens (tertiary/aromatic N) is 1. The minimum absolute atomic E-state index is 0.240. The number of phenolic OH excluding ortho intramolecular Hbond substituents is 1. The molecular weight excluding hydrogens is 255 g/mol. The summed E-state index contributed by atoms with van der Waals surface area (Å²) in [6.45, 7) is 2.35. The molecular formula is C16H17FN2O. The summed E-state index contributed by atoms with van der Waals surface area (Å²) < 4.78 is 13.6. The normalized spacial score (nSPS) is 31.8. The van der Waals surface area contributed by atoms with E-state index in [1.807, 2.05) is 0 Å². The number of aromatic hydroxyl groups is 1. The van der Waals surface area contributed by atoms with Gasteiger partial charge in [-0.15, -0.1) is 0 Å². The fourth-order valence-corrected chi connectivity index (χ4v) is 4.83. The van der Waals surface area contributed by atoms with E-state index in [1.54, 1.807) is 6.07 Å². The second-order valence-electron chi connectivity index (χ2n) is 6.62. The SMILES string of the molecule is Oc1cc2c3c([nH]c2cc1F)[C@@H]1C[C@H]2C[C@@H]1N(CC3)C2. The van der Waals surface area contributed by atoms with E-state index >= 15 is 0 Å². The van der Waals surface area contributed by atoms with E-state index in [0.717, 1.165) is 29.8 Å². The predicted octanol–water partition coefficient (Wildman–Crippen LogP) is 2.75. The van der Waals surface area contributed by atoms with Crippen LogP contribution in [0.3, 0.4) is 0 Å². The summed E-state index contributed by atoms with van der Waals surface area (Å²) in [7, 11) is 0. The number of benzene rings is 1. The van der Waals surface area contributed by atoms with Crippen molar-refractivity contribution >= 4 is 10.9 Å². The summed E-state index contributed by atoms with van der Waals surface area (Å²) >= 11 is 0. The van der Waals surface area contributed by atoms with E-state index in [0.29, 0.717) is 12.0 Å². The lowest BCUT2D eigenvalue weighted by molar-refractivity contribution is 0.201. The fraction of sp³-hybridized carbons (Fsp3) is 0.500. The first-order chi connectivity index (χ1) is 9.70. The van der Waals surface area contributed by atoms with Crippen molar-refractivity contribution in [1.29, 1.82) is 0 Å². The van der Waals surface area contributed by atoms with Crippen LogP contribution in [0.1, 0.15) is 30.0 Å². The topological polar surface area (TPSA) is 39.3 Å². The second kappa shape index (κ2) is 3.55. The van der Waals surface area contributed by atoms with Crippen molar-refractivity contribution in [3.05, 3.63) is 29.2 Å². The molecule has 3 heterocycles. The maximum Gasteiger partial charge on any atom is 0.166 e. The molecule has 1 aromatic carbocycles. The second-order valence-corrected chi connectivity index (χ2v) is 6.62. The highest BCUT2D eigenvalue weighted by Crippen LogP contribution is 2.50. The maximum absolute atomic E-state index is 13.6. The number of hydrogen-bond acceptors (Lipinski definition) is 2. The highest BCUT2D eigenvalue weighted by atomic mass is 19.1. The quantitative estimate of drug-likeness (QED) is 0.774. The summed E-state index contributed by atoms with van der Waals surface area (Å²) in [5, 5.41) is 10.7. The standard InChI is InChI=1S/C16H17FN2O/c17-12-6-13-10(5-15(12)20)9-1-2-19-7-8-3-11(14(19)4-8)16(9)18-13/h5-6,8,11,14,18,20H,1-4,7H2/t8-,11+,14-/m0/s1. The lowest BCUT2D eigenvalue weighted by Crippen LogP contribution is -2.36. The molecule has 3 atom stereocenters. The van der Waals surface area contributed by atoms with Gasteiger partial charge in [-0.05, 0) is 36.8 Å². The molecule has 0 unspecified atom stereocenters. The van der Waals surface area contributed by atoms with Crippen LogP contribution in [0.4, 0.5) is 4.39 Å². The van der Waals surface area contributed by atoms with Gasteiger partial charge in [-0.2, -0.15) is 0 Å². The average molecular weight is 272 g/mol. The number of rotatable bonds is 0. The molecule has 4 heteroatoms. The van der Waals surface area contributed by atoms with Crippen LogP contribution in [0, 0.1) is 11.7 Å². The smallest absolute Gasteiger partial charge is 0.166 e. The number of phenols is 1. The van der Waals surface area contributed by atoms with Gasteiger partial charge in [-0.25, -0.2) is 4.39 Å². The molecule has 1 saturated carbocycles. The molecule has 0 amide bonds. The Morgan fingerprint density at radius 3 is 3.05 bits per heavy atom. The minimum atomic E-state index is -0.538. The number of H-pyrrole nitrogens is 1. The van der Waals surface area contributed by atoms with Gasteiger partial charge in [0.05, 0.1) is 0 Å². The Bertz CT molecular complexity index is 723. The molecule has 1 saturated heterocycles. The summed E-state index contributed by atoms with van der Waals surface area (Å²) in [5.74, 6) is 0.635. The molecule has 20 heavy (non-hydrogen) atoms. The summed E-state index contributed by atoms with van der Waals surface area (Å²) in [4.78, 5) is 6.09. The molecule has 5 rings (SSSR count). The summed E-state index contributed by atoms with van der Waals surface area (Å²) in [6, 6.07) is 3.70. The molecule has 1 aliphatic carbocycles. The highest BCUT2D eigenvalue weighted by molar-refractivity contribution is 5.86. The van der Waals surface area contributed by atoms with E-state index in [9.17, 15) is 9.50 Å². The van der Waals surface area contributed by atoms with Crippen LogP contribution in [0.15, 0.2) is 12.1 Å².